The van der Waals surface area contributed by atoms with Crippen LogP contribution < -0.4 is 12.0 Å². The lowest BCUT2D eigenvalue weighted by Crippen LogP contribution is -2.10. The zero-order valence-electron chi connectivity index (χ0n) is 3.69. The van der Waals surface area contributed by atoms with Gasteiger partial charge in [-0.25, -0.2) is 4.79 Å². The zero-order chi connectivity index (χ0) is 4.99. The van der Waals surface area contributed by atoms with Crippen LogP contribution in [0.15, 0.2) is 0 Å². The molecule has 0 spiro atoms. The predicted octanol–water partition coefficient (Wildman–Crippen LogP) is -0.196. The van der Waals surface area contributed by atoms with E-state index in [0.29, 0.717) is 0 Å². The molecule has 5 heteroatoms. The van der Waals surface area contributed by atoms with E-state index < -0.39 is 5.97 Å². The first-order valence-electron chi connectivity index (χ1n) is 1.26. The van der Waals surface area contributed by atoms with Crippen molar-refractivity contribution in [3.63, 3.8) is 0 Å². The number of carbonyl (C=O) groups excluding carboxylic acids is 1. The third-order valence-electron chi connectivity index (χ3n) is 0.241. The van der Waals surface area contributed by atoms with Crippen molar-refractivity contribution >= 4 is 17.6 Å². The van der Waals surface area contributed by atoms with Gasteiger partial charge in [-0.2, -0.15) is 5.90 Å². The molecule has 5 N–H and O–H groups in total. The second-order valence-electron chi connectivity index (χ2n) is 0.623. The van der Waals surface area contributed by atoms with Gasteiger partial charge >= 0.3 is 5.97 Å². The van der Waals surface area contributed by atoms with Crippen LogP contribution in [0.1, 0.15) is 0 Å². The Labute approximate surface area is 46.1 Å². The average Bonchev–Trinajstić information content (AvgIpc) is 1.65. The summed E-state index contributed by atoms with van der Waals surface area (Å²) >= 11 is 4.90. The molecule has 0 aromatic heterocycles. The van der Waals surface area contributed by atoms with Gasteiger partial charge in [0.25, 0.3) is 0 Å². The van der Waals surface area contributed by atoms with E-state index in [9.17, 15) is 4.79 Å². The fourth-order valence-corrected chi connectivity index (χ4v) is 0.0945. The largest absolute Gasteiger partial charge is 0.372 e. The number of rotatable bonds is 1. The van der Waals surface area contributed by atoms with Gasteiger partial charge in [0.1, 0.15) is 5.88 Å². The Balaban J connectivity index is 0. The molecule has 0 aliphatic heterocycles. The van der Waals surface area contributed by atoms with E-state index in [1.807, 2.05) is 0 Å². The Kier molecular flexibility index (Phi) is 7.98. The lowest BCUT2D eigenvalue weighted by molar-refractivity contribution is -0.141. The molecule has 0 atom stereocenters. The summed E-state index contributed by atoms with van der Waals surface area (Å²) in [6.07, 6.45) is 0. The van der Waals surface area contributed by atoms with Gasteiger partial charge in [-0.15, -0.1) is 11.6 Å². The lowest BCUT2D eigenvalue weighted by atomic mass is 10.8. The summed E-state index contributed by atoms with van der Waals surface area (Å²) in [5.74, 6) is 3.55. The number of hydrogen-bond acceptors (Lipinski definition) is 4. The third-order valence-corrected chi connectivity index (χ3v) is 0.459. The molecule has 0 aliphatic carbocycles. The van der Waals surface area contributed by atoms with Gasteiger partial charge < -0.3 is 11.0 Å². The maximum Gasteiger partial charge on any atom is 0.339 e. The van der Waals surface area contributed by atoms with Crippen LogP contribution in [0.25, 0.3) is 0 Å². The molecule has 0 aromatic carbocycles. The van der Waals surface area contributed by atoms with Gasteiger partial charge in [0.05, 0.1) is 0 Å². The minimum absolute atomic E-state index is 0. The van der Waals surface area contributed by atoms with Crippen molar-refractivity contribution in [3.05, 3.63) is 0 Å². The molecule has 0 unspecified atom stereocenters. The van der Waals surface area contributed by atoms with Crippen LogP contribution >= 0.6 is 11.6 Å². The number of carbonyl (C=O) groups is 1. The molecule has 0 fully saturated rings. The molecule has 0 amide bonds. The summed E-state index contributed by atoms with van der Waals surface area (Å²) < 4.78 is 0. The van der Waals surface area contributed by atoms with E-state index >= 15 is 0 Å². The highest BCUT2D eigenvalue weighted by molar-refractivity contribution is 6.26. The minimum Gasteiger partial charge on any atom is -0.372 e. The number of alkyl halides is 1. The Hall–Kier alpha value is -0.320. The molecule has 0 saturated carbocycles. The van der Waals surface area contributed by atoms with Crippen molar-refractivity contribution < 1.29 is 9.63 Å². The molecule has 0 aromatic rings. The van der Waals surface area contributed by atoms with Gasteiger partial charge in [0.2, 0.25) is 0 Å². The third kappa shape index (κ3) is 5.68. The normalized spacial score (nSPS) is 6.57. The van der Waals surface area contributed by atoms with Gasteiger partial charge in [-0.1, -0.05) is 0 Å². The average molecular weight is 127 g/mol. The summed E-state index contributed by atoms with van der Waals surface area (Å²) in [6, 6.07) is 0. The fourth-order valence-electron chi connectivity index (χ4n) is 0.0315. The first-order chi connectivity index (χ1) is 2.81. The van der Waals surface area contributed by atoms with Crippen molar-refractivity contribution in [2.24, 2.45) is 5.90 Å². The molecule has 0 heterocycles. The van der Waals surface area contributed by atoms with Crippen LogP contribution in [-0.4, -0.2) is 11.8 Å². The first-order valence-corrected chi connectivity index (χ1v) is 1.80. The second-order valence-corrected chi connectivity index (χ2v) is 0.891. The fraction of sp³-hybridized carbons (Fsp3) is 0.500. The topological polar surface area (TPSA) is 87.3 Å². The van der Waals surface area contributed by atoms with E-state index in [2.05, 4.69) is 10.7 Å². The molecule has 0 aliphatic rings. The molecular weight excluding hydrogens is 119 g/mol. The smallest absolute Gasteiger partial charge is 0.339 e. The van der Waals surface area contributed by atoms with E-state index in [0.717, 1.165) is 0 Å². The molecule has 4 nitrogen and oxygen atoms in total. The quantitative estimate of drug-likeness (QED) is 0.376. The highest BCUT2D eigenvalue weighted by Crippen LogP contribution is 1.73. The van der Waals surface area contributed by atoms with Crippen LogP contribution in [0.4, 0.5) is 0 Å². The van der Waals surface area contributed by atoms with Crippen molar-refractivity contribution in [1.82, 2.24) is 6.15 Å². The maximum absolute atomic E-state index is 9.70. The Bertz CT molecular complexity index is 51.7. The lowest BCUT2D eigenvalue weighted by Gasteiger charge is -1.84. The Morgan fingerprint density at radius 1 is 1.86 bits per heavy atom. The van der Waals surface area contributed by atoms with Crippen molar-refractivity contribution in [2.45, 2.75) is 0 Å². The van der Waals surface area contributed by atoms with Gasteiger partial charge in [0, 0.05) is 0 Å². The molecule has 0 saturated heterocycles. The molecule has 7 heavy (non-hydrogen) atoms. The number of halogens is 1. The van der Waals surface area contributed by atoms with Crippen molar-refractivity contribution in [2.75, 3.05) is 5.88 Å². The molecule has 0 bridgehead atoms. The van der Waals surface area contributed by atoms with Crippen LogP contribution in [-0.2, 0) is 9.63 Å². The first kappa shape index (κ1) is 9.84. The standard InChI is InChI=1S/C2H4ClNO2.H3N/c3-1-2(5)6-4;/h1,4H2;1H3. The summed E-state index contributed by atoms with van der Waals surface area (Å²) in [7, 11) is 0. The van der Waals surface area contributed by atoms with Gasteiger partial charge in [0.15, 0.2) is 0 Å². The SMILES string of the molecule is N.NOC(=O)CCl. The Morgan fingerprint density at radius 3 is 2.29 bits per heavy atom. The molecule has 44 valence electrons. The highest BCUT2D eigenvalue weighted by atomic mass is 35.5. The van der Waals surface area contributed by atoms with E-state index in [-0.39, 0.29) is 12.0 Å². The molecule has 0 rings (SSSR count). The van der Waals surface area contributed by atoms with Crippen molar-refractivity contribution in [3.8, 4) is 0 Å². The van der Waals surface area contributed by atoms with E-state index in [4.69, 9.17) is 11.6 Å². The summed E-state index contributed by atoms with van der Waals surface area (Å²) in [5, 5.41) is 0. The van der Waals surface area contributed by atoms with Crippen molar-refractivity contribution in [1.29, 1.82) is 0 Å². The highest BCUT2D eigenvalue weighted by Gasteiger charge is 1.91. The maximum atomic E-state index is 9.70. The summed E-state index contributed by atoms with van der Waals surface area (Å²) in [6.45, 7) is 0. The second kappa shape index (κ2) is 5.68. The zero-order valence-corrected chi connectivity index (χ0v) is 4.44. The van der Waals surface area contributed by atoms with Crippen LogP contribution in [0.2, 0.25) is 0 Å². The van der Waals surface area contributed by atoms with Crippen LogP contribution in [0, 0.1) is 0 Å². The summed E-state index contributed by atoms with van der Waals surface area (Å²) in [4.78, 5) is 13.3. The molecular formula is C2H7ClN2O2. The van der Waals surface area contributed by atoms with Crippen LogP contribution in [0.5, 0.6) is 0 Å². The summed E-state index contributed by atoms with van der Waals surface area (Å²) in [5.41, 5.74) is 0. The number of nitrogens with two attached hydrogens (primary N) is 1. The van der Waals surface area contributed by atoms with Gasteiger partial charge in [-0.3, -0.25) is 0 Å². The molecule has 0 radical (unpaired) electrons. The number of hydrogen-bond donors (Lipinski definition) is 2. The van der Waals surface area contributed by atoms with Gasteiger partial charge in [-0.05, 0) is 0 Å². The van der Waals surface area contributed by atoms with E-state index in [1.165, 1.54) is 0 Å². The van der Waals surface area contributed by atoms with E-state index in [1.54, 1.807) is 0 Å². The monoisotopic (exact) mass is 126 g/mol. The minimum atomic E-state index is -0.614. The van der Waals surface area contributed by atoms with Crippen LogP contribution in [0.3, 0.4) is 0 Å². The predicted molar refractivity (Wildman–Crippen MR) is 26.0 cm³/mol. The Morgan fingerprint density at radius 2 is 2.29 bits per heavy atom.